The van der Waals surface area contributed by atoms with Crippen LogP contribution in [0.1, 0.15) is 20.8 Å². The standard InChI is InChI=1S/C9H18O6/c1-7(13,5-11)9(3,15)8(2,14)6(12)4-10/h10-11,13-15H,4-5H2,1-3H3/t7-,8-,9-/m1/s1. The zero-order valence-corrected chi connectivity index (χ0v) is 9.06. The summed E-state index contributed by atoms with van der Waals surface area (Å²) in [6.07, 6.45) is 0. The van der Waals surface area contributed by atoms with Crippen LogP contribution in [0.2, 0.25) is 0 Å². The molecule has 0 aromatic carbocycles. The van der Waals surface area contributed by atoms with Crippen LogP contribution in [0.3, 0.4) is 0 Å². The van der Waals surface area contributed by atoms with E-state index >= 15 is 0 Å². The maximum atomic E-state index is 11.2. The topological polar surface area (TPSA) is 118 Å². The molecule has 0 fully saturated rings. The summed E-state index contributed by atoms with van der Waals surface area (Å²) in [6, 6.07) is 0. The lowest BCUT2D eigenvalue weighted by Crippen LogP contribution is -2.68. The maximum absolute atomic E-state index is 11.2. The van der Waals surface area contributed by atoms with Crippen LogP contribution >= 0.6 is 0 Å². The first-order chi connectivity index (χ1) is 6.54. The number of rotatable bonds is 5. The van der Waals surface area contributed by atoms with Gasteiger partial charge in [-0.1, -0.05) is 0 Å². The Morgan fingerprint density at radius 3 is 1.73 bits per heavy atom. The maximum Gasteiger partial charge on any atom is 0.192 e. The normalized spacial score (nSPS) is 23.7. The molecule has 6 heteroatoms. The molecule has 0 heterocycles. The number of aliphatic hydroxyl groups excluding tert-OH is 2. The summed E-state index contributed by atoms with van der Waals surface area (Å²) in [4.78, 5) is 11.2. The molecule has 6 nitrogen and oxygen atoms in total. The molecule has 0 rings (SSSR count). The molecule has 0 aliphatic carbocycles. The Morgan fingerprint density at radius 1 is 1.07 bits per heavy atom. The number of hydrogen-bond donors (Lipinski definition) is 5. The Bertz CT molecular complexity index is 243. The summed E-state index contributed by atoms with van der Waals surface area (Å²) < 4.78 is 0. The quantitative estimate of drug-likeness (QED) is 0.360. The van der Waals surface area contributed by atoms with Gasteiger partial charge in [-0.25, -0.2) is 0 Å². The largest absolute Gasteiger partial charge is 0.393 e. The SMILES string of the molecule is C[C@@](O)([C@](C)(O)CO)[C@](C)(O)C(=O)CO. The second-order valence-corrected chi connectivity index (χ2v) is 4.16. The van der Waals surface area contributed by atoms with Crippen LogP contribution in [0.25, 0.3) is 0 Å². The Hall–Kier alpha value is -0.530. The summed E-state index contributed by atoms with van der Waals surface area (Å²) in [5.41, 5.74) is -6.70. The minimum Gasteiger partial charge on any atom is -0.393 e. The van der Waals surface area contributed by atoms with E-state index in [0.29, 0.717) is 0 Å². The molecule has 0 radical (unpaired) electrons. The predicted octanol–water partition coefficient (Wildman–Crippen LogP) is -2.21. The second-order valence-electron chi connectivity index (χ2n) is 4.16. The van der Waals surface area contributed by atoms with Gasteiger partial charge >= 0.3 is 0 Å². The third kappa shape index (κ3) is 2.19. The van der Waals surface area contributed by atoms with Crippen molar-refractivity contribution in [2.45, 2.75) is 37.6 Å². The van der Waals surface area contributed by atoms with E-state index in [9.17, 15) is 20.1 Å². The van der Waals surface area contributed by atoms with Gasteiger partial charge in [-0.3, -0.25) is 4.79 Å². The zero-order chi connectivity index (χ0) is 12.5. The lowest BCUT2D eigenvalue weighted by atomic mass is 9.72. The summed E-state index contributed by atoms with van der Waals surface area (Å²) in [5.74, 6) is -1.04. The van der Waals surface area contributed by atoms with Crippen LogP contribution in [0.5, 0.6) is 0 Å². The minimum atomic E-state index is -2.35. The van der Waals surface area contributed by atoms with Crippen molar-refractivity contribution in [1.82, 2.24) is 0 Å². The van der Waals surface area contributed by atoms with Crippen LogP contribution in [0.4, 0.5) is 0 Å². The van der Waals surface area contributed by atoms with E-state index < -0.39 is 35.8 Å². The fourth-order valence-electron chi connectivity index (χ4n) is 1.10. The molecule has 5 N–H and O–H groups in total. The predicted molar refractivity (Wildman–Crippen MR) is 51.1 cm³/mol. The molecule has 0 spiro atoms. The Labute approximate surface area is 87.8 Å². The monoisotopic (exact) mass is 222 g/mol. The lowest BCUT2D eigenvalue weighted by Gasteiger charge is -2.45. The fourth-order valence-corrected chi connectivity index (χ4v) is 1.10. The van der Waals surface area contributed by atoms with E-state index in [1.54, 1.807) is 0 Å². The van der Waals surface area contributed by atoms with Crippen LogP contribution in [-0.4, -0.2) is 61.3 Å². The van der Waals surface area contributed by atoms with Crippen molar-refractivity contribution < 1.29 is 30.3 Å². The number of hydrogen-bond acceptors (Lipinski definition) is 6. The van der Waals surface area contributed by atoms with Gasteiger partial charge in [0.05, 0.1) is 6.61 Å². The molecule has 0 aromatic rings. The van der Waals surface area contributed by atoms with Gasteiger partial charge in [0.25, 0.3) is 0 Å². The first-order valence-corrected chi connectivity index (χ1v) is 4.46. The minimum absolute atomic E-state index is 0.838. The van der Waals surface area contributed by atoms with Crippen molar-refractivity contribution in [2.75, 3.05) is 13.2 Å². The van der Waals surface area contributed by atoms with Crippen LogP contribution in [0.15, 0.2) is 0 Å². The van der Waals surface area contributed by atoms with Gasteiger partial charge in [0, 0.05) is 0 Å². The average Bonchev–Trinajstić information content (AvgIpc) is 2.15. The molecular weight excluding hydrogens is 204 g/mol. The molecule has 0 aromatic heterocycles. The molecule has 0 saturated carbocycles. The van der Waals surface area contributed by atoms with Crippen molar-refractivity contribution in [1.29, 1.82) is 0 Å². The highest BCUT2D eigenvalue weighted by atomic mass is 16.4. The number of aliphatic hydroxyl groups is 5. The lowest BCUT2D eigenvalue weighted by molar-refractivity contribution is -0.232. The smallest absolute Gasteiger partial charge is 0.192 e. The van der Waals surface area contributed by atoms with E-state index in [2.05, 4.69) is 0 Å². The molecule has 90 valence electrons. The van der Waals surface area contributed by atoms with E-state index in [0.717, 1.165) is 20.8 Å². The van der Waals surface area contributed by atoms with Crippen LogP contribution in [-0.2, 0) is 4.79 Å². The first-order valence-electron chi connectivity index (χ1n) is 4.46. The number of carbonyl (C=O) groups is 1. The molecule has 3 atom stereocenters. The van der Waals surface area contributed by atoms with Crippen molar-refractivity contribution in [3.63, 3.8) is 0 Å². The number of carbonyl (C=O) groups excluding carboxylic acids is 1. The van der Waals surface area contributed by atoms with Crippen LogP contribution < -0.4 is 0 Å². The molecule has 0 aliphatic rings. The fraction of sp³-hybridized carbons (Fsp3) is 0.889. The number of Topliss-reactive ketones (excluding diaryl/α,β-unsaturated/α-hetero) is 1. The Kier molecular flexibility index (Phi) is 4.00. The summed E-state index contributed by atoms with van der Waals surface area (Å²) in [5, 5.41) is 46.7. The molecule has 0 bridgehead atoms. The average molecular weight is 222 g/mol. The van der Waals surface area contributed by atoms with Crippen molar-refractivity contribution in [3.05, 3.63) is 0 Å². The van der Waals surface area contributed by atoms with Gasteiger partial charge in [-0.05, 0) is 20.8 Å². The van der Waals surface area contributed by atoms with E-state index in [1.165, 1.54) is 0 Å². The van der Waals surface area contributed by atoms with Gasteiger partial charge in [0.2, 0.25) is 0 Å². The molecule has 0 unspecified atom stereocenters. The zero-order valence-electron chi connectivity index (χ0n) is 9.06. The third-order valence-corrected chi connectivity index (χ3v) is 2.99. The molecule has 0 amide bonds. The van der Waals surface area contributed by atoms with Crippen molar-refractivity contribution >= 4 is 5.78 Å². The van der Waals surface area contributed by atoms with Crippen molar-refractivity contribution in [2.24, 2.45) is 0 Å². The highest BCUT2D eigenvalue weighted by Gasteiger charge is 2.57. The molecule has 0 saturated heterocycles. The van der Waals surface area contributed by atoms with Gasteiger partial charge in [0.1, 0.15) is 17.8 Å². The first kappa shape index (κ1) is 14.5. The van der Waals surface area contributed by atoms with E-state index in [-0.39, 0.29) is 0 Å². The molecule has 0 aliphatic heterocycles. The number of ketones is 1. The van der Waals surface area contributed by atoms with Gasteiger partial charge in [0.15, 0.2) is 11.4 Å². The van der Waals surface area contributed by atoms with Crippen LogP contribution in [0, 0.1) is 0 Å². The summed E-state index contributed by atoms with van der Waals surface area (Å²) in [7, 11) is 0. The van der Waals surface area contributed by atoms with E-state index in [1.807, 2.05) is 0 Å². The highest BCUT2D eigenvalue weighted by Crippen LogP contribution is 2.33. The highest BCUT2D eigenvalue weighted by molar-refractivity contribution is 5.89. The Balaban J connectivity index is 5.27. The second kappa shape index (κ2) is 4.15. The van der Waals surface area contributed by atoms with E-state index in [4.69, 9.17) is 10.2 Å². The molecule has 15 heavy (non-hydrogen) atoms. The Morgan fingerprint density at radius 2 is 1.47 bits per heavy atom. The van der Waals surface area contributed by atoms with Gasteiger partial charge in [-0.15, -0.1) is 0 Å². The summed E-state index contributed by atoms with van der Waals surface area (Å²) >= 11 is 0. The van der Waals surface area contributed by atoms with Crippen molar-refractivity contribution in [3.8, 4) is 0 Å². The molecular formula is C9H18O6. The third-order valence-electron chi connectivity index (χ3n) is 2.99. The van der Waals surface area contributed by atoms with Gasteiger partial charge < -0.3 is 25.5 Å². The van der Waals surface area contributed by atoms with Gasteiger partial charge in [-0.2, -0.15) is 0 Å². The summed E-state index contributed by atoms with van der Waals surface area (Å²) in [6.45, 7) is 1.25.